The molecule has 0 amide bonds. The van der Waals surface area contributed by atoms with Gasteiger partial charge in [0.25, 0.3) is 0 Å². The molecule has 4 nitrogen and oxygen atoms in total. The van der Waals surface area contributed by atoms with E-state index in [9.17, 15) is 8.42 Å². The third kappa shape index (κ3) is 3.46. The second-order valence-electron chi connectivity index (χ2n) is 3.59. The summed E-state index contributed by atoms with van der Waals surface area (Å²) < 4.78 is 29.0. The van der Waals surface area contributed by atoms with E-state index in [4.69, 9.17) is 10.00 Å². The molecular weight excluding hydrogens is 238 g/mol. The fourth-order valence-electron chi connectivity index (χ4n) is 1.43. The molecule has 5 heteroatoms. The molecule has 17 heavy (non-hydrogen) atoms. The minimum absolute atomic E-state index is 0.00852. The van der Waals surface area contributed by atoms with Gasteiger partial charge in [0.05, 0.1) is 23.3 Å². The fourth-order valence-corrected chi connectivity index (χ4v) is 2.66. The largest absolute Gasteiger partial charge is 0.494 e. The van der Waals surface area contributed by atoms with Crippen LogP contribution in [0.5, 0.6) is 5.75 Å². The first kappa shape index (κ1) is 13.5. The number of sulfone groups is 1. The van der Waals surface area contributed by atoms with E-state index in [1.807, 2.05) is 13.0 Å². The van der Waals surface area contributed by atoms with Crippen LogP contribution in [-0.4, -0.2) is 20.8 Å². The van der Waals surface area contributed by atoms with Gasteiger partial charge >= 0.3 is 0 Å². The van der Waals surface area contributed by atoms with Crippen molar-refractivity contribution in [3.8, 4) is 11.8 Å². The minimum atomic E-state index is -3.35. The summed E-state index contributed by atoms with van der Waals surface area (Å²) in [6, 6.07) is 6.59. The molecule has 0 aliphatic heterocycles. The molecule has 0 fully saturated rings. The molecule has 0 radical (unpaired) electrons. The van der Waals surface area contributed by atoms with Crippen molar-refractivity contribution in [1.82, 2.24) is 0 Å². The molecule has 1 rings (SSSR count). The lowest BCUT2D eigenvalue weighted by Crippen LogP contribution is -2.07. The Balaban J connectivity index is 3.01. The lowest BCUT2D eigenvalue weighted by molar-refractivity contribution is 0.337. The van der Waals surface area contributed by atoms with E-state index < -0.39 is 9.84 Å². The van der Waals surface area contributed by atoms with E-state index >= 15 is 0 Å². The molecule has 0 aliphatic carbocycles. The van der Waals surface area contributed by atoms with Crippen LogP contribution in [-0.2, 0) is 9.84 Å². The first-order valence-corrected chi connectivity index (χ1v) is 6.99. The summed E-state index contributed by atoms with van der Waals surface area (Å²) in [5.41, 5.74) is 0.782. The van der Waals surface area contributed by atoms with Crippen LogP contribution in [0.25, 0.3) is 0 Å². The van der Waals surface area contributed by atoms with Gasteiger partial charge in [-0.1, -0.05) is 0 Å². The molecule has 0 saturated heterocycles. The number of ether oxygens (including phenoxy) is 1. The maximum Gasteiger partial charge on any atom is 0.179 e. The molecule has 0 heterocycles. The van der Waals surface area contributed by atoms with Crippen molar-refractivity contribution < 1.29 is 13.2 Å². The summed E-state index contributed by atoms with van der Waals surface area (Å²) in [6.45, 7) is 4.21. The third-order valence-electron chi connectivity index (χ3n) is 2.29. The van der Waals surface area contributed by atoms with Crippen molar-refractivity contribution in [1.29, 1.82) is 5.26 Å². The highest BCUT2D eigenvalue weighted by Gasteiger charge is 2.15. The van der Waals surface area contributed by atoms with E-state index in [0.29, 0.717) is 12.4 Å². The molecule has 0 unspecified atom stereocenters. The minimum Gasteiger partial charge on any atom is -0.494 e. The van der Waals surface area contributed by atoms with Crippen molar-refractivity contribution >= 4 is 9.84 Å². The Labute approximate surface area is 102 Å². The van der Waals surface area contributed by atoms with Gasteiger partial charge in [0.15, 0.2) is 9.84 Å². The van der Waals surface area contributed by atoms with Gasteiger partial charge in [0.1, 0.15) is 5.75 Å². The zero-order valence-corrected chi connectivity index (χ0v) is 10.8. The van der Waals surface area contributed by atoms with Crippen molar-refractivity contribution in [2.45, 2.75) is 25.2 Å². The molecule has 0 spiro atoms. The van der Waals surface area contributed by atoms with Gasteiger partial charge < -0.3 is 4.74 Å². The van der Waals surface area contributed by atoms with E-state index in [0.717, 1.165) is 5.56 Å². The standard InChI is InChI=1S/C12H15NO3S/c1-3-16-12-6-5-11(9-10(12)2)17(14,15)8-4-7-13/h5-6,9H,3-4,8H2,1-2H3. The van der Waals surface area contributed by atoms with Gasteiger partial charge in [-0.25, -0.2) is 8.42 Å². The number of rotatable bonds is 5. The fraction of sp³-hybridized carbons (Fsp3) is 0.417. The van der Waals surface area contributed by atoms with Crippen LogP contribution in [0.2, 0.25) is 0 Å². The average Bonchev–Trinajstić information content (AvgIpc) is 2.29. The molecule has 0 saturated carbocycles. The average molecular weight is 253 g/mol. The van der Waals surface area contributed by atoms with Gasteiger partial charge in [-0.05, 0) is 37.6 Å². The Morgan fingerprint density at radius 2 is 2.12 bits per heavy atom. The van der Waals surface area contributed by atoms with Gasteiger partial charge in [-0.3, -0.25) is 0 Å². The Morgan fingerprint density at radius 1 is 1.41 bits per heavy atom. The highest BCUT2D eigenvalue weighted by atomic mass is 32.2. The van der Waals surface area contributed by atoms with Gasteiger partial charge in [0, 0.05) is 6.42 Å². The van der Waals surface area contributed by atoms with E-state index in [-0.39, 0.29) is 17.1 Å². The number of aryl methyl sites for hydroxylation is 1. The Bertz CT molecular complexity index is 529. The quantitative estimate of drug-likeness (QED) is 0.805. The summed E-state index contributed by atoms with van der Waals surface area (Å²) in [4.78, 5) is 0.244. The molecule has 0 aliphatic rings. The predicted octanol–water partition coefficient (Wildman–Crippen LogP) is 2.08. The number of nitrogens with zero attached hydrogens (tertiary/aromatic N) is 1. The highest BCUT2D eigenvalue weighted by Crippen LogP contribution is 2.22. The van der Waals surface area contributed by atoms with Gasteiger partial charge in [-0.15, -0.1) is 0 Å². The third-order valence-corrected chi connectivity index (χ3v) is 4.00. The first-order chi connectivity index (χ1) is 8.01. The second kappa shape index (κ2) is 5.69. The molecule has 0 bridgehead atoms. The molecule has 1 aromatic carbocycles. The van der Waals surface area contributed by atoms with Crippen molar-refractivity contribution in [3.05, 3.63) is 23.8 Å². The topological polar surface area (TPSA) is 67.2 Å². The van der Waals surface area contributed by atoms with Crippen molar-refractivity contribution in [2.75, 3.05) is 12.4 Å². The molecular formula is C12H15NO3S. The molecule has 0 aromatic heterocycles. The number of hydrogen-bond donors (Lipinski definition) is 0. The summed E-state index contributed by atoms with van der Waals surface area (Å²) >= 11 is 0. The van der Waals surface area contributed by atoms with Gasteiger partial charge in [-0.2, -0.15) is 5.26 Å². The second-order valence-corrected chi connectivity index (χ2v) is 5.70. The smallest absolute Gasteiger partial charge is 0.179 e. The number of benzene rings is 1. The van der Waals surface area contributed by atoms with Crippen LogP contribution >= 0.6 is 0 Å². The van der Waals surface area contributed by atoms with Crippen LogP contribution in [0.4, 0.5) is 0 Å². The van der Waals surface area contributed by atoms with E-state index in [1.54, 1.807) is 19.1 Å². The predicted molar refractivity (Wildman–Crippen MR) is 64.6 cm³/mol. The number of nitriles is 1. The first-order valence-electron chi connectivity index (χ1n) is 5.34. The molecule has 1 aromatic rings. The summed E-state index contributed by atoms with van der Waals surface area (Å²) in [6.07, 6.45) is 0.00852. The zero-order chi connectivity index (χ0) is 12.9. The van der Waals surface area contributed by atoms with Crippen LogP contribution in [0.1, 0.15) is 18.9 Å². The molecule has 0 atom stereocenters. The molecule has 0 N–H and O–H groups in total. The Hall–Kier alpha value is -1.54. The summed E-state index contributed by atoms with van der Waals surface area (Å²) in [5, 5.41) is 8.41. The lowest BCUT2D eigenvalue weighted by Gasteiger charge is -2.09. The van der Waals surface area contributed by atoms with Crippen molar-refractivity contribution in [3.63, 3.8) is 0 Å². The normalized spacial score (nSPS) is 10.9. The van der Waals surface area contributed by atoms with Crippen LogP contribution in [0.15, 0.2) is 23.1 Å². The van der Waals surface area contributed by atoms with Crippen molar-refractivity contribution in [2.24, 2.45) is 0 Å². The number of hydrogen-bond acceptors (Lipinski definition) is 4. The summed E-state index contributed by atoms with van der Waals surface area (Å²) in [7, 11) is -3.35. The maximum atomic E-state index is 11.8. The Morgan fingerprint density at radius 3 is 2.65 bits per heavy atom. The van der Waals surface area contributed by atoms with Crippen LogP contribution in [0, 0.1) is 18.3 Å². The highest BCUT2D eigenvalue weighted by molar-refractivity contribution is 7.91. The monoisotopic (exact) mass is 253 g/mol. The Kier molecular flexibility index (Phi) is 4.53. The SMILES string of the molecule is CCOc1ccc(S(=O)(=O)CCC#N)cc1C. The van der Waals surface area contributed by atoms with Crippen LogP contribution < -0.4 is 4.74 Å². The maximum absolute atomic E-state index is 11.8. The van der Waals surface area contributed by atoms with E-state index in [2.05, 4.69) is 0 Å². The molecule has 92 valence electrons. The lowest BCUT2D eigenvalue weighted by atomic mass is 10.2. The van der Waals surface area contributed by atoms with Gasteiger partial charge in [0.2, 0.25) is 0 Å². The summed E-state index contributed by atoms with van der Waals surface area (Å²) in [5.74, 6) is 0.545. The van der Waals surface area contributed by atoms with E-state index in [1.165, 1.54) is 6.07 Å². The zero-order valence-electron chi connectivity index (χ0n) is 9.93. The van der Waals surface area contributed by atoms with Crippen LogP contribution in [0.3, 0.4) is 0 Å².